The number of hydrogen-bond acceptors (Lipinski definition) is 3. The molecular formula is C17H26N3OS+. The zero-order valence-electron chi connectivity index (χ0n) is 13.8. The second-order valence-corrected chi connectivity index (χ2v) is 6.48. The summed E-state index contributed by atoms with van der Waals surface area (Å²) in [6.07, 6.45) is 1.46. The van der Waals surface area contributed by atoms with E-state index in [0.717, 1.165) is 47.9 Å². The van der Waals surface area contributed by atoms with Crippen molar-refractivity contribution in [3.8, 4) is 0 Å². The summed E-state index contributed by atoms with van der Waals surface area (Å²) in [4.78, 5) is 20.6. The SMILES string of the molecule is CCCC(=O)N(CC[NH+](CC)CC)c1nc2ccccc2s1. The molecule has 0 fully saturated rings. The van der Waals surface area contributed by atoms with Crippen LogP contribution in [0.15, 0.2) is 24.3 Å². The number of aromatic nitrogens is 1. The molecule has 0 bridgehead atoms. The van der Waals surface area contributed by atoms with Gasteiger partial charge < -0.3 is 4.90 Å². The van der Waals surface area contributed by atoms with Gasteiger partial charge in [-0.2, -0.15) is 0 Å². The molecule has 0 unspecified atom stereocenters. The summed E-state index contributed by atoms with van der Waals surface area (Å²) in [5.41, 5.74) is 0.979. The Labute approximate surface area is 136 Å². The van der Waals surface area contributed by atoms with Crippen LogP contribution < -0.4 is 9.80 Å². The predicted molar refractivity (Wildman–Crippen MR) is 93.8 cm³/mol. The summed E-state index contributed by atoms with van der Waals surface area (Å²) in [7, 11) is 0. The van der Waals surface area contributed by atoms with Gasteiger partial charge in [-0.25, -0.2) is 4.98 Å². The number of nitrogens with zero attached hydrogens (tertiary/aromatic N) is 2. The highest BCUT2D eigenvalue weighted by molar-refractivity contribution is 7.22. The second kappa shape index (κ2) is 8.25. The summed E-state index contributed by atoms with van der Waals surface area (Å²) >= 11 is 1.61. The minimum Gasteiger partial charge on any atom is -0.334 e. The number of fused-ring (bicyclic) bond motifs is 1. The molecule has 0 aliphatic carbocycles. The third-order valence-electron chi connectivity index (χ3n) is 3.97. The second-order valence-electron chi connectivity index (χ2n) is 5.47. The van der Waals surface area contributed by atoms with E-state index >= 15 is 0 Å². The molecule has 120 valence electrons. The summed E-state index contributed by atoms with van der Waals surface area (Å²) < 4.78 is 1.14. The molecule has 4 nitrogen and oxygen atoms in total. The van der Waals surface area contributed by atoms with Crippen LogP contribution in [-0.4, -0.2) is 37.1 Å². The van der Waals surface area contributed by atoms with Crippen molar-refractivity contribution in [2.24, 2.45) is 0 Å². The smallest absolute Gasteiger partial charge is 0.228 e. The summed E-state index contributed by atoms with van der Waals surface area (Å²) in [6, 6.07) is 8.08. The van der Waals surface area contributed by atoms with Gasteiger partial charge >= 0.3 is 0 Å². The zero-order chi connectivity index (χ0) is 15.9. The van der Waals surface area contributed by atoms with E-state index < -0.39 is 0 Å². The number of amides is 1. The van der Waals surface area contributed by atoms with Crippen LogP contribution in [0.5, 0.6) is 0 Å². The molecule has 2 rings (SSSR count). The van der Waals surface area contributed by atoms with E-state index in [2.05, 4.69) is 24.9 Å². The van der Waals surface area contributed by atoms with Gasteiger partial charge in [0.1, 0.15) is 0 Å². The predicted octanol–water partition coefficient (Wildman–Crippen LogP) is 2.35. The lowest BCUT2D eigenvalue weighted by atomic mass is 10.3. The van der Waals surface area contributed by atoms with E-state index in [1.807, 2.05) is 30.0 Å². The Kier molecular flexibility index (Phi) is 6.34. The molecule has 0 aliphatic heterocycles. The number of para-hydroxylation sites is 1. The number of anilines is 1. The van der Waals surface area contributed by atoms with Crippen LogP contribution >= 0.6 is 11.3 Å². The third-order valence-corrected chi connectivity index (χ3v) is 5.03. The van der Waals surface area contributed by atoms with E-state index in [-0.39, 0.29) is 5.91 Å². The Bertz CT molecular complexity index is 574. The first-order chi connectivity index (χ1) is 10.7. The van der Waals surface area contributed by atoms with Gasteiger partial charge in [-0.1, -0.05) is 30.4 Å². The van der Waals surface area contributed by atoms with Gasteiger partial charge in [0.25, 0.3) is 0 Å². The maximum atomic E-state index is 12.5. The molecule has 0 saturated carbocycles. The average Bonchev–Trinajstić information content (AvgIpc) is 2.95. The number of hydrogen-bond donors (Lipinski definition) is 1. The number of likely N-dealkylation sites (N-methyl/N-ethyl adjacent to an activating group) is 1. The van der Waals surface area contributed by atoms with Crippen molar-refractivity contribution in [3.63, 3.8) is 0 Å². The molecule has 1 aromatic carbocycles. The van der Waals surface area contributed by atoms with Gasteiger partial charge in [-0.05, 0) is 32.4 Å². The van der Waals surface area contributed by atoms with Crippen LogP contribution in [0.4, 0.5) is 5.13 Å². The van der Waals surface area contributed by atoms with Crippen LogP contribution in [0.3, 0.4) is 0 Å². The van der Waals surface area contributed by atoms with Crippen molar-refractivity contribution in [1.29, 1.82) is 0 Å². The van der Waals surface area contributed by atoms with E-state index in [1.54, 1.807) is 11.3 Å². The Hall–Kier alpha value is -1.46. The highest BCUT2D eigenvalue weighted by atomic mass is 32.1. The molecule has 0 saturated heterocycles. The van der Waals surface area contributed by atoms with Gasteiger partial charge in [0.15, 0.2) is 5.13 Å². The third kappa shape index (κ3) is 4.05. The lowest BCUT2D eigenvalue weighted by Crippen LogP contribution is -3.12. The lowest BCUT2D eigenvalue weighted by Gasteiger charge is -2.22. The van der Waals surface area contributed by atoms with Crippen LogP contribution in [0.1, 0.15) is 33.6 Å². The molecule has 0 spiro atoms. The van der Waals surface area contributed by atoms with Crippen molar-refractivity contribution >= 4 is 32.6 Å². The minimum atomic E-state index is 0.188. The molecule has 1 N–H and O–H groups in total. The normalized spacial score (nSPS) is 11.3. The van der Waals surface area contributed by atoms with Crippen LogP contribution in [-0.2, 0) is 4.79 Å². The first-order valence-electron chi connectivity index (χ1n) is 8.19. The fraction of sp³-hybridized carbons (Fsp3) is 0.529. The first-order valence-corrected chi connectivity index (χ1v) is 9.00. The number of benzene rings is 1. The van der Waals surface area contributed by atoms with Crippen LogP contribution in [0.2, 0.25) is 0 Å². The number of nitrogens with one attached hydrogen (secondary N) is 1. The van der Waals surface area contributed by atoms with Gasteiger partial charge in [0, 0.05) is 6.42 Å². The highest BCUT2D eigenvalue weighted by Crippen LogP contribution is 2.28. The van der Waals surface area contributed by atoms with Gasteiger partial charge in [-0.15, -0.1) is 0 Å². The van der Waals surface area contributed by atoms with Crippen molar-refractivity contribution in [1.82, 2.24) is 4.98 Å². The molecule has 0 atom stereocenters. The number of thiazole rings is 1. The molecule has 1 aromatic heterocycles. The first kappa shape index (κ1) is 16.9. The molecule has 2 aromatic rings. The highest BCUT2D eigenvalue weighted by Gasteiger charge is 2.20. The lowest BCUT2D eigenvalue weighted by molar-refractivity contribution is -0.894. The van der Waals surface area contributed by atoms with Gasteiger partial charge in [0.05, 0.1) is 36.4 Å². The van der Waals surface area contributed by atoms with Crippen molar-refractivity contribution in [2.45, 2.75) is 33.6 Å². The number of carbonyl (C=O) groups excluding carboxylic acids is 1. The average molecular weight is 320 g/mol. The Morgan fingerprint density at radius 3 is 2.59 bits per heavy atom. The summed E-state index contributed by atoms with van der Waals surface area (Å²) in [6.45, 7) is 10.3. The maximum Gasteiger partial charge on any atom is 0.228 e. The van der Waals surface area contributed by atoms with E-state index in [9.17, 15) is 4.79 Å². The van der Waals surface area contributed by atoms with Crippen LogP contribution in [0.25, 0.3) is 10.2 Å². The molecule has 5 heteroatoms. The minimum absolute atomic E-state index is 0.188. The fourth-order valence-electron chi connectivity index (χ4n) is 2.52. The van der Waals surface area contributed by atoms with E-state index in [0.29, 0.717) is 6.42 Å². The molecular weight excluding hydrogens is 294 g/mol. The fourth-order valence-corrected chi connectivity index (χ4v) is 3.53. The summed E-state index contributed by atoms with van der Waals surface area (Å²) in [5, 5.41) is 0.839. The monoisotopic (exact) mass is 320 g/mol. The van der Waals surface area contributed by atoms with Gasteiger partial charge in [-0.3, -0.25) is 9.69 Å². The number of rotatable bonds is 8. The molecule has 1 amide bonds. The van der Waals surface area contributed by atoms with E-state index in [4.69, 9.17) is 0 Å². The van der Waals surface area contributed by atoms with Crippen molar-refractivity contribution < 1.29 is 9.69 Å². The molecule has 0 aliphatic rings. The van der Waals surface area contributed by atoms with E-state index in [1.165, 1.54) is 4.90 Å². The standard InChI is InChI=1S/C17H25N3OS/c1-4-9-16(21)20(13-12-19(5-2)6-3)17-18-14-10-7-8-11-15(14)22-17/h7-8,10-11H,4-6,9,12-13H2,1-3H3/p+1. The Morgan fingerprint density at radius 2 is 1.95 bits per heavy atom. The quantitative estimate of drug-likeness (QED) is 0.811. The molecule has 1 heterocycles. The largest absolute Gasteiger partial charge is 0.334 e. The van der Waals surface area contributed by atoms with Gasteiger partial charge in [0.2, 0.25) is 5.91 Å². The summed E-state index contributed by atoms with van der Waals surface area (Å²) in [5.74, 6) is 0.188. The van der Waals surface area contributed by atoms with Crippen molar-refractivity contribution in [2.75, 3.05) is 31.1 Å². The number of quaternary nitrogens is 1. The molecule has 0 radical (unpaired) electrons. The maximum absolute atomic E-state index is 12.5. The van der Waals surface area contributed by atoms with Crippen molar-refractivity contribution in [3.05, 3.63) is 24.3 Å². The molecule has 22 heavy (non-hydrogen) atoms. The van der Waals surface area contributed by atoms with Crippen LogP contribution in [0, 0.1) is 0 Å². The Balaban J connectivity index is 2.21. The topological polar surface area (TPSA) is 37.6 Å². The zero-order valence-corrected chi connectivity index (χ0v) is 14.6. The number of carbonyl (C=O) groups is 1. The Morgan fingerprint density at radius 1 is 1.23 bits per heavy atom.